The van der Waals surface area contributed by atoms with Crippen LogP contribution >= 0.6 is 0 Å². The van der Waals surface area contributed by atoms with Crippen molar-refractivity contribution in [3.05, 3.63) is 30.1 Å². The maximum atomic E-state index is 5.84. The predicted octanol–water partition coefficient (Wildman–Crippen LogP) is 2.30. The summed E-state index contributed by atoms with van der Waals surface area (Å²) in [6, 6.07) is 6.47. The van der Waals surface area contributed by atoms with Crippen molar-refractivity contribution in [3.8, 4) is 0 Å². The lowest BCUT2D eigenvalue weighted by atomic mass is 10.1. The molecule has 2 heterocycles. The first kappa shape index (κ1) is 11.6. The summed E-state index contributed by atoms with van der Waals surface area (Å²) in [5.41, 5.74) is 1.01. The molecule has 2 rings (SSSR count). The number of ether oxygens (including phenoxy) is 1. The van der Waals surface area contributed by atoms with E-state index >= 15 is 0 Å². The molecule has 1 saturated heterocycles. The molecule has 0 radical (unpaired) electrons. The van der Waals surface area contributed by atoms with E-state index in [0.29, 0.717) is 6.04 Å². The quantitative estimate of drug-likeness (QED) is 0.845. The summed E-state index contributed by atoms with van der Waals surface area (Å²) in [5.74, 6) is 0. The molecule has 0 aliphatic carbocycles. The molecule has 0 unspecified atom stereocenters. The van der Waals surface area contributed by atoms with Gasteiger partial charge in [0.2, 0.25) is 0 Å². The van der Waals surface area contributed by atoms with Gasteiger partial charge in [0.15, 0.2) is 0 Å². The molecule has 16 heavy (non-hydrogen) atoms. The molecule has 1 aliphatic rings. The Bertz CT molecular complexity index is 296. The molecule has 1 aliphatic heterocycles. The third-order valence-electron chi connectivity index (χ3n) is 3.06. The van der Waals surface area contributed by atoms with E-state index in [1.54, 1.807) is 0 Å². The van der Waals surface area contributed by atoms with Crippen LogP contribution in [0.5, 0.6) is 0 Å². The van der Waals surface area contributed by atoms with E-state index < -0.39 is 0 Å². The van der Waals surface area contributed by atoms with E-state index in [4.69, 9.17) is 4.74 Å². The number of nitrogens with zero attached hydrogens (tertiary/aromatic N) is 1. The number of aromatic nitrogens is 1. The van der Waals surface area contributed by atoms with Crippen LogP contribution in [0.25, 0.3) is 0 Å². The van der Waals surface area contributed by atoms with E-state index in [2.05, 4.69) is 17.2 Å². The monoisotopic (exact) mass is 220 g/mol. The van der Waals surface area contributed by atoms with Gasteiger partial charge in [-0.25, -0.2) is 0 Å². The minimum Gasteiger partial charge on any atom is -0.371 e. The van der Waals surface area contributed by atoms with Gasteiger partial charge >= 0.3 is 0 Å². The zero-order chi connectivity index (χ0) is 11.2. The SMILES string of the molecule is C[C@@H](OC[C@H]1CCCCN1)c1ccccn1. The van der Waals surface area contributed by atoms with Crippen molar-refractivity contribution >= 4 is 0 Å². The summed E-state index contributed by atoms with van der Waals surface area (Å²) in [4.78, 5) is 4.30. The molecule has 0 aromatic carbocycles. The Morgan fingerprint density at radius 2 is 2.44 bits per heavy atom. The second-order valence-corrected chi connectivity index (χ2v) is 4.38. The number of hydrogen-bond donors (Lipinski definition) is 1. The second-order valence-electron chi connectivity index (χ2n) is 4.38. The third kappa shape index (κ3) is 3.29. The molecule has 1 fully saturated rings. The zero-order valence-corrected chi connectivity index (χ0v) is 9.86. The number of nitrogens with one attached hydrogen (secondary N) is 1. The van der Waals surface area contributed by atoms with Crippen molar-refractivity contribution in [1.82, 2.24) is 10.3 Å². The smallest absolute Gasteiger partial charge is 0.0967 e. The topological polar surface area (TPSA) is 34.1 Å². The van der Waals surface area contributed by atoms with Gasteiger partial charge in [-0.2, -0.15) is 0 Å². The second kappa shape index (κ2) is 5.97. The van der Waals surface area contributed by atoms with Gasteiger partial charge in [0, 0.05) is 12.2 Å². The highest BCUT2D eigenvalue weighted by Gasteiger charge is 2.14. The molecule has 1 aromatic rings. The Hall–Kier alpha value is -0.930. The van der Waals surface area contributed by atoms with Crippen molar-refractivity contribution in [1.29, 1.82) is 0 Å². The van der Waals surface area contributed by atoms with Gasteiger partial charge in [0.05, 0.1) is 18.4 Å². The van der Waals surface area contributed by atoms with Crippen molar-refractivity contribution in [2.75, 3.05) is 13.2 Å². The summed E-state index contributed by atoms with van der Waals surface area (Å²) in [5, 5.41) is 3.48. The summed E-state index contributed by atoms with van der Waals surface area (Å²) < 4.78 is 5.84. The molecule has 0 spiro atoms. The normalized spacial score (nSPS) is 22.9. The molecular formula is C13H20N2O. The van der Waals surface area contributed by atoms with Crippen LogP contribution in [0.2, 0.25) is 0 Å². The number of hydrogen-bond acceptors (Lipinski definition) is 3. The third-order valence-corrected chi connectivity index (χ3v) is 3.06. The van der Waals surface area contributed by atoms with Crippen molar-refractivity contribution < 1.29 is 4.74 Å². The molecule has 0 bridgehead atoms. The number of piperidine rings is 1. The first-order valence-corrected chi connectivity index (χ1v) is 6.12. The molecule has 3 heteroatoms. The molecule has 0 amide bonds. The van der Waals surface area contributed by atoms with Crippen LogP contribution in [0.1, 0.15) is 38.0 Å². The minimum absolute atomic E-state index is 0.0879. The summed E-state index contributed by atoms with van der Waals surface area (Å²) in [6.45, 7) is 3.98. The molecule has 3 nitrogen and oxygen atoms in total. The van der Waals surface area contributed by atoms with Crippen LogP contribution in [0.3, 0.4) is 0 Å². The molecular weight excluding hydrogens is 200 g/mol. The van der Waals surface area contributed by atoms with Crippen molar-refractivity contribution in [3.63, 3.8) is 0 Å². The summed E-state index contributed by atoms with van der Waals surface area (Å²) in [7, 11) is 0. The van der Waals surface area contributed by atoms with Gasteiger partial charge in [-0.3, -0.25) is 4.98 Å². The van der Waals surface area contributed by atoms with Gasteiger partial charge < -0.3 is 10.1 Å². The highest BCUT2D eigenvalue weighted by Crippen LogP contribution is 2.15. The Labute approximate surface area is 97.2 Å². The Kier molecular flexibility index (Phi) is 4.31. The molecule has 0 saturated carbocycles. The van der Waals surface area contributed by atoms with Crippen LogP contribution in [0.4, 0.5) is 0 Å². The van der Waals surface area contributed by atoms with Gasteiger partial charge in [0.1, 0.15) is 0 Å². The van der Waals surface area contributed by atoms with Crippen LogP contribution in [-0.4, -0.2) is 24.2 Å². The zero-order valence-electron chi connectivity index (χ0n) is 9.86. The Balaban J connectivity index is 1.77. The first-order valence-electron chi connectivity index (χ1n) is 6.12. The van der Waals surface area contributed by atoms with Crippen molar-refractivity contribution in [2.24, 2.45) is 0 Å². The lowest BCUT2D eigenvalue weighted by Crippen LogP contribution is -2.37. The van der Waals surface area contributed by atoms with E-state index in [-0.39, 0.29) is 6.10 Å². The average Bonchev–Trinajstić information content (AvgIpc) is 2.38. The van der Waals surface area contributed by atoms with Gasteiger partial charge in [-0.15, -0.1) is 0 Å². The molecule has 88 valence electrons. The average molecular weight is 220 g/mol. The number of pyridine rings is 1. The van der Waals surface area contributed by atoms with E-state index in [1.807, 2.05) is 24.4 Å². The summed E-state index contributed by atoms with van der Waals surface area (Å²) in [6.07, 6.45) is 5.75. The minimum atomic E-state index is 0.0879. The van der Waals surface area contributed by atoms with E-state index in [9.17, 15) is 0 Å². The first-order chi connectivity index (χ1) is 7.86. The van der Waals surface area contributed by atoms with Gasteiger partial charge in [-0.05, 0) is 38.4 Å². The maximum Gasteiger partial charge on any atom is 0.0967 e. The fourth-order valence-electron chi connectivity index (χ4n) is 2.03. The predicted molar refractivity (Wildman–Crippen MR) is 64.2 cm³/mol. The molecule has 2 atom stereocenters. The lowest BCUT2D eigenvalue weighted by Gasteiger charge is -2.24. The molecule has 1 N–H and O–H groups in total. The van der Waals surface area contributed by atoms with Crippen LogP contribution in [0.15, 0.2) is 24.4 Å². The number of rotatable bonds is 4. The fourth-order valence-corrected chi connectivity index (χ4v) is 2.03. The lowest BCUT2D eigenvalue weighted by molar-refractivity contribution is 0.0416. The van der Waals surface area contributed by atoms with E-state index in [0.717, 1.165) is 18.8 Å². The maximum absolute atomic E-state index is 5.84. The largest absolute Gasteiger partial charge is 0.371 e. The fraction of sp³-hybridized carbons (Fsp3) is 0.615. The standard InChI is InChI=1S/C13H20N2O/c1-11(13-7-3-5-9-15-13)16-10-12-6-2-4-8-14-12/h3,5,7,9,11-12,14H,2,4,6,8,10H2,1H3/t11-,12-/m1/s1. The van der Waals surface area contributed by atoms with Gasteiger partial charge in [0.25, 0.3) is 0 Å². The Morgan fingerprint density at radius 3 is 3.12 bits per heavy atom. The Morgan fingerprint density at radius 1 is 1.50 bits per heavy atom. The highest BCUT2D eigenvalue weighted by atomic mass is 16.5. The summed E-state index contributed by atoms with van der Waals surface area (Å²) >= 11 is 0. The van der Waals surface area contributed by atoms with E-state index in [1.165, 1.54) is 19.3 Å². The van der Waals surface area contributed by atoms with Crippen LogP contribution in [0, 0.1) is 0 Å². The van der Waals surface area contributed by atoms with Crippen LogP contribution in [-0.2, 0) is 4.74 Å². The van der Waals surface area contributed by atoms with Crippen molar-refractivity contribution in [2.45, 2.75) is 38.3 Å². The van der Waals surface area contributed by atoms with Gasteiger partial charge in [-0.1, -0.05) is 12.5 Å². The molecule has 1 aromatic heterocycles. The highest BCUT2D eigenvalue weighted by molar-refractivity contribution is 5.05. The van der Waals surface area contributed by atoms with Crippen LogP contribution < -0.4 is 5.32 Å².